The van der Waals surface area contributed by atoms with Crippen molar-refractivity contribution < 1.29 is 9.53 Å². The van der Waals surface area contributed by atoms with Gasteiger partial charge < -0.3 is 9.72 Å². The summed E-state index contributed by atoms with van der Waals surface area (Å²) in [6.07, 6.45) is 3.61. The van der Waals surface area contributed by atoms with E-state index in [1.165, 1.54) is 5.56 Å². The van der Waals surface area contributed by atoms with Gasteiger partial charge in [-0.3, -0.25) is 15.1 Å². The van der Waals surface area contributed by atoms with E-state index in [1.807, 2.05) is 48.5 Å². The Kier molecular flexibility index (Phi) is 5.49. The van der Waals surface area contributed by atoms with Crippen molar-refractivity contribution in [2.24, 2.45) is 0 Å². The Morgan fingerprint density at radius 1 is 0.938 bits per heavy atom. The van der Waals surface area contributed by atoms with E-state index in [1.54, 1.807) is 12.3 Å². The van der Waals surface area contributed by atoms with E-state index in [0.717, 1.165) is 40.4 Å². The van der Waals surface area contributed by atoms with E-state index in [2.05, 4.69) is 44.5 Å². The first-order valence-corrected chi connectivity index (χ1v) is 10.6. The average molecular weight is 422 g/mol. The number of anilines is 1. The van der Waals surface area contributed by atoms with E-state index in [0.29, 0.717) is 18.2 Å². The highest BCUT2D eigenvalue weighted by Crippen LogP contribution is 2.21. The second-order valence-corrected chi connectivity index (χ2v) is 7.57. The van der Waals surface area contributed by atoms with Gasteiger partial charge in [-0.1, -0.05) is 54.6 Å². The summed E-state index contributed by atoms with van der Waals surface area (Å²) in [6.45, 7) is 0.631. The molecule has 0 atom stereocenters. The number of H-pyrrole nitrogens is 1. The molecule has 5 aromatic rings. The maximum absolute atomic E-state index is 12.6. The third-order valence-corrected chi connectivity index (χ3v) is 5.27. The van der Waals surface area contributed by atoms with Crippen LogP contribution in [0.15, 0.2) is 85.1 Å². The first kappa shape index (κ1) is 19.8. The fourth-order valence-corrected chi connectivity index (χ4v) is 3.63. The molecular weight excluding hydrogens is 400 g/mol. The highest BCUT2D eigenvalue weighted by atomic mass is 16.5. The summed E-state index contributed by atoms with van der Waals surface area (Å²) in [5.74, 6) is 0.830. The highest BCUT2D eigenvalue weighted by molar-refractivity contribution is 6.04. The van der Waals surface area contributed by atoms with Crippen molar-refractivity contribution in [2.75, 3.05) is 11.9 Å². The van der Waals surface area contributed by atoms with Gasteiger partial charge in [0.1, 0.15) is 11.4 Å². The predicted octanol–water partition coefficient (Wildman–Crippen LogP) is 5.38. The van der Waals surface area contributed by atoms with Crippen LogP contribution in [-0.4, -0.2) is 27.5 Å². The molecule has 2 aromatic heterocycles. The second-order valence-electron chi connectivity index (χ2n) is 7.57. The van der Waals surface area contributed by atoms with E-state index in [9.17, 15) is 4.79 Å². The third-order valence-electron chi connectivity index (χ3n) is 5.27. The van der Waals surface area contributed by atoms with Crippen molar-refractivity contribution in [2.45, 2.75) is 12.8 Å². The number of amides is 1. The number of nitrogens with one attached hydrogen (secondary N) is 2. The fourth-order valence-electron chi connectivity index (χ4n) is 3.63. The van der Waals surface area contributed by atoms with Crippen molar-refractivity contribution in [1.82, 2.24) is 15.0 Å². The quantitative estimate of drug-likeness (QED) is 0.345. The SMILES string of the molecule is O=C(Nc1nc2ccc(OCCCc3ccccc3)cc2[nH]1)c1cc2ccccc2cn1. The molecule has 2 N–H and O–H groups in total. The van der Waals surface area contributed by atoms with Crippen LogP contribution in [0.5, 0.6) is 5.75 Å². The van der Waals surface area contributed by atoms with Crippen LogP contribution in [0.1, 0.15) is 22.5 Å². The second kappa shape index (κ2) is 8.89. The summed E-state index contributed by atoms with van der Waals surface area (Å²) in [5, 5.41) is 4.75. The van der Waals surface area contributed by atoms with Crippen LogP contribution < -0.4 is 10.1 Å². The molecule has 0 saturated carbocycles. The average Bonchev–Trinajstić information content (AvgIpc) is 3.23. The fraction of sp³-hybridized carbons (Fsp3) is 0.115. The van der Waals surface area contributed by atoms with Crippen LogP contribution in [0.4, 0.5) is 5.95 Å². The van der Waals surface area contributed by atoms with Crippen LogP contribution in [0, 0.1) is 0 Å². The molecule has 6 heteroatoms. The van der Waals surface area contributed by atoms with Crippen LogP contribution in [0.3, 0.4) is 0 Å². The third kappa shape index (κ3) is 4.44. The number of pyridine rings is 1. The zero-order valence-electron chi connectivity index (χ0n) is 17.4. The zero-order chi connectivity index (χ0) is 21.8. The molecule has 32 heavy (non-hydrogen) atoms. The van der Waals surface area contributed by atoms with Gasteiger partial charge in [-0.25, -0.2) is 4.98 Å². The first-order valence-electron chi connectivity index (χ1n) is 10.6. The largest absolute Gasteiger partial charge is 0.494 e. The minimum Gasteiger partial charge on any atom is -0.494 e. The lowest BCUT2D eigenvalue weighted by atomic mass is 10.1. The number of imidazole rings is 1. The number of benzene rings is 3. The molecule has 5 rings (SSSR count). The van der Waals surface area contributed by atoms with E-state index in [-0.39, 0.29) is 5.91 Å². The summed E-state index contributed by atoms with van der Waals surface area (Å²) in [5.41, 5.74) is 3.20. The van der Waals surface area contributed by atoms with Crippen molar-refractivity contribution >= 4 is 33.7 Å². The van der Waals surface area contributed by atoms with Gasteiger partial charge in [-0.15, -0.1) is 0 Å². The topological polar surface area (TPSA) is 79.9 Å². The lowest BCUT2D eigenvalue weighted by Crippen LogP contribution is -2.14. The standard InChI is InChI=1S/C26H22N4O2/c31-25(24-15-19-10-4-5-11-20(19)17-27-24)30-26-28-22-13-12-21(16-23(22)29-26)32-14-6-9-18-7-2-1-3-8-18/h1-5,7-8,10-13,15-17H,6,9,14H2,(H2,28,29,30,31). The van der Waals surface area contributed by atoms with Gasteiger partial charge in [0, 0.05) is 17.6 Å². The van der Waals surface area contributed by atoms with Crippen molar-refractivity contribution in [1.29, 1.82) is 0 Å². The Morgan fingerprint density at radius 3 is 2.62 bits per heavy atom. The molecule has 6 nitrogen and oxygen atoms in total. The van der Waals surface area contributed by atoms with Gasteiger partial charge in [0.25, 0.3) is 5.91 Å². The molecule has 3 aromatic carbocycles. The summed E-state index contributed by atoms with van der Waals surface area (Å²) in [4.78, 5) is 24.5. The number of fused-ring (bicyclic) bond motifs is 2. The van der Waals surface area contributed by atoms with Gasteiger partial charge in [-0.05, 0) is 42.0 Å². The lowest BCUT2D eigenvalue weighted by Gasteiger charge is -2.06. The molecule has 0 unspecified atom stereocenters. The summed E-state index contributed by atoms with van der Waals surface area (Å²) >= 11 is 0. The molecule has 0 aliphatic heterocycles. The molecule has 0 aliphatic rings. The van der Waals surface area contributed by atoms with Crippen LogP contribution in [0.25, 0.3) is 21.8 Å². The molecule has 158 valence electrons. The number of aromatic amines is 1. The number of aryl methyl sites for hydroxylation is 1. The van der Waals surface area contributed by atoms with Crippen LogP contribution >= 0.6 is 0 Å². The maximum atomic E-state index is 12.6. The summed E-state index contributed by atoms with van der Waals surface area (Å²) in [7, 11) is 0. The molecular formula is C26H22N4O2. The number of hydrogen-bond acceptors (Lipinski definition) is 4. The monoisotopic (exact) mass is 422 g/mol. The zero-order valence-corrected chi connectivity index (χ0v) is 17.4. The van der Waals surface area contributed by atoms with Gasteiger partial charge in [0.05, 0.1) is 17.6 Å². The van der Waals surface area contributed by atoms with E-state index >= 15 is 0 Å². The minimum absolute atomic E-state index is 0.313. The number of carbonyl (C=O) groups excluding carboxylic acids is 1. The first-order chi connectivity index (χ1) is 15.7. The number of ether oxygens (including phenoxy) is 1. The Morgan fingerprint density at radius 2 is 1.75 bits per heavy atom. The van der Waals surface area contributed by atoms with Gasteiger partial charge in [-0.2, -0.15) is 0 Å². The summed E-state index contributed by atoms with van der Waals surface area (Å²) < 4.78 is 5.89. The Labute approximate surface area is 185 Å². The molecule has 2 heterocycles. The van der Waals surface area contributed by atoms with Crippen molar-refractivity contribution in [3.8, 4) is 5.75 Å². The number of hydrogen-bond donors (Lipinski definition) is 2. The molecule has 0 aliphatic carbocycles. The normalized spacial score (nSPS) is 11.0. The van der Waals surface area contributed by atoms with Gasteiger partial charge in [0.2, 0.25) is 5.95 Å². The lowest BCUT2D eigenvalue weighted by molar-refractivity contribution is 0.102. The molecule has 0 saturated heterocycles. The molecule has 0 fully saturated rings. The molecule has 0 spiro atoms. The highest BCUT2D eigenvalue weighted by Gasteiger charge is 2.12. The summed E-state index contributed by atoms with van der Waals surface area (Å²) in [6, 6.07) is 25.6. The maximum Gasteiger partial charge on any atom is 0.276 e. The minimum atomic E-state index is -0.313. The Bertz CT molecular complexity index is 1380. The number of aromatic nitrogens is 3. The van der Waals surface area contributed by atoms with Gasteiger partial charge in [0.15, 0.2) is 0 Å². The van der Waals surface area contributed by atoms with E-state index < -0.39 is 0 Å². The number of nitrogens with zero attached hydrogens (tertiary/aromatic N) is 2. The smallest absolute Gasteiger partial charge is 0.276 e. The van der Waals surface area contributed by atoms with Gasteiger partial charge >= 0.3 is 0 Å². The van der Waals surface area contributed by atoms with Crippen LogP contribution in [0.2, 0.25) is 0 Å². The Balaban J connectivity index is 1.22. The molecule has 1 amide bonds. The van der Waals surface area contributed by atoms with Crippen LogP contribution in [-0.2, 0) is 6.42 Å². The van der Waals surface area contributed by atoms with Crippen molar-refractivity contribution in [3.05, 3.63) is 96.3 Å². The number of carbonyl (C=O) groups is 1. The number of rotatable bonds is 7. The Hall–Kier alpha value is -4.19. The predicted molar refractivity (Wildman–Crippen MR) is 126 cm³/mol. The molecule has 0 bridgehead atoms. The molecule has 0 radical (unpaired) electrons. The van der Waals surface area contributed by atoms with E-state index in [4.69, 9.17) is 4.74 Å². The van der Waals surface area contributed by atoms with Crippen molar-refractivity contribution in [3.63, 3.8) is 0 Å².